The number of halogens is 2. The number of rotatable bonds is 6. The standard InChI is InChI=1S/C15H21ClFNO4S/c1-4-22-13-8-15(19,14(13,2)3)9-18-23(20,21)12-6-10(16)5-11(17)7-12/h5-7,13,18-19H,4,8-9H2,1-3H3. The van der Waals surface area contributed by atoms with Crippen LogP contribution in [0.2, 0.25) is 5.02 Å². The van der Waals surface area contributed by atoms with E-state index in [1.54, 1.807) is 0 Å². The fraction of sp³-hybridized carbons (Fsp3) is 0.600. The zero-order valence-corrected chi connectivity index (χ0v) is 14.8. The van der Waals surface area contributed by atoms with Gasteiger partial charge in [-0.3, -0.25) is 0 Å². The van der Waals surface area contributed by atoms with E-state index in [1.807, 2.05) is 20.8 Å². The van der Waals surface area contributed by atoms with Gasteiger partial charge in [-0.1, -0.05) is 25.4 Å². The molecule has 0 radical (unpaired) electrons. The van der Waals surface area contributed by atoms with E-state index in [1.165, 1.54) is 0 Å². The van der Waals surface area contributed by atoms with Crippen LogP contribution in [0.4, 0.5) is 4.39 Å². The number of ether oxygens (including phenoxy) is 1. The van der Waals surface area contributed by atoms with Gasteiger partial charge in [0.2, 0.25) is 10.0 Å². The van der Waals surface area contributed by atoms with Gasteiger partial charge in [0.25, 0.3) is 0 Å². The monoisotopic (exact) mass is 365 g/mol. The van der Waals surface area contributed by atoms with Crippen LogP contribution in [0.15, 0.2) is 23.1 Å². The quantitative estimate of drug-likeness (QED) is 0.811. The van der Waals surface area contributed by atoms with Crippen molar-refractivity contribution in [2.24, 2.45) is 5.41 Å². The van der Waals surface area contributed by atoms with Crippen LogP contribution in [0.25, 0.3) is 0 Å². The Morgan fingerprint density at radius 3 is 2.61 bits per heavy atom. The van der Waals surface area contributed by atoms with E-state index in [9.17, 15) is 17.9 Å². The third-order valence-corrected chi connectivity index (χ3v) is 6.20. The summed E-state index contributed by atoms with van der Waals surface area (Å²) in [6.07, 6.45) is 0.200. The van der Waals surface area contributed by atoms with Crippen LogP contribution in [0.1, 0.15) is 27.2 Å². The number of nitrogens with one attached hydrogen (secondary N) is 1. The molecular weight excluding hydrogens is 345 g/mol. The highest BCUT2D eigenvalue weighted by molar-refractivity contribution is 7.89. The molecule has 1 aliphatic carbocycles. The Morgan fingerprint density at radius 1 is 1.43 bits per heavy atom. The van der Waals surface area contributed by atoms with Crippen LogP contribution < -0.4 is 4.72 Å². The highest BCUT2D eigenvalue weighted by Crippen LogP contribution is 2.51. The third kappa shape index (κ3) is 3.53. The molecule has 2 unspecified atom stereocenters. The van der Waals surface area contributed by atoms with E-state index in [4.69, 9.17) is 16.3 Å². The minimum Gasteiger partial charge on any atom is -0.388 e. The maximum absolute atomic E-state index is 13.3. The van der Waals surface area contributed by atoms with Gasteiger partial charge in [-0.2, -0.15) is 0 Å². The Bertz CT molecular complexity index is 674. The summed E-state index contributed by atoms with van der Waals surface area (Å²) in [4.78, 5) is -0.274. The molecule has 8 heteroatoms. The van der Waals surface area contributed by atoms with Crippen LogP contribution in [-0.2, 0) is 14.8 Å². The summed E-state index contributed by atoms with van der Waals surface area (Å²) in [7, 11) is -3.97. The lowest BCUT2D eigenvalue weighted by Gasteiger charge is -2.57. The topological polar surface area (TPSA) is 75.6 Å². The Labute approximate surface area is 140 Å². The first kappa shape index (κ1) is 18.6. The molecule has 23 heavy (non-hydrogen) atoms. The molecule has 2 rings (SSSR count). The van der Waals surface area contributed by atoms with E-state index in [0.717, 1.165) is 18.2 Å². The molecule has 0 spiro atoms. The molecule has 0 aromatic heterocycles. The maximum atomic E-state index is 13.3. The van der Waals surface area contributed by atoms with Crippen LogP contribution in [0, 0.1) is 11.2 Å². The predicted molar refractivity (Wildman–Crippen MR) is 85.4 cm³/mol. The van der Waals surface area contributed by atoms with Crippen molar-refractivity contribution in [1.82, 2.24) is 4.72 Å². The van der Waals surface area contributed by atoms with E-state index in [2.05, 4.69) is 4.72 Å². The first-order valence-corrected chi connectivity index (χ1v) is 9.18. The first-order valence-electron chi connectivity index (χ1n) is 7.31. The number of sulfonamides is 1. The molecular formula is C15H21ClFNO4S. The van der Waals surface area contributed by atoms with Crippen molar-refractivity contribution in [3.63, 3.8) is 0 Å². The smallest absolute Gasteiger partial charge is 0.240 e. The van der Waals surface area contributed by atoms with E-state index in [-0.39, 0.29) is 22.6 Å². The zero-order chi connectivity index (χ0) is 17.5. The lowest BCUT2D eigenvalue weighted by atomic mass is 9.56. The van der Waals surface area contributed by atoms with Crippen molar-refractivity contribution < 1.29 is 22.7 Å². The fourth-order valence-electron chi connectivity index (χ4n) is 2.74. The molecule has 1 fully saturated rings. The molecule has 5 nitrogen and oxygen atoms in total. The first-order chi connectivity index (χ1) is 10.5. The second-order valence-corrected chi connectivity index (χ2v) is 8.53. The molecule has 1 aromatic rings. The third-order valence-electron chi connectivity index (χ3n) is 4.60. The second kappa shape index (κ2) is 6.29. The van der Waals surface area contributed by atoms with Crippen LogP contribution in [0.5, 0.6) is 0 Å². The molecule has 130 valence electrons. The van der Waals surface area contributed by atoms with Crippen molar-refractivity contribution in [2.45, 2.75) is 43.8 Å². The Balaban J connectivity index is 2.11. The molecule has 0 amide bonds. The maximum Gasteiger partial charge on any atom is 0.240 e. The normalized spacial score (nSPS) is 26.8. The Hall–Kier alpha value is -0.730. The Morgan fingerprint density at radius 2 is 2.09 bits per heavy atom. The average Bonchev–Trinajstić information content (AvgIpc) is 2.44. The van der Waals surface area contributed by atoms with E-state index in [0.29, 0.717) is 13.0 Å². The fourth-order valence-corrected chi connectivity index (χ4v) is 4.18. The minimum absolute atomic E-state index is 0.00975. The van der Waals surface area contributed by atoms with Gasteiger partial charge in [-0.15, -0.1) is 0 Å². The lowest BCUT2D eigenvalue weighted by Crippen LogP contribution is -2.68. The van der Waals surface area contributed by atoms with Crippen molar-refractivity contribution in [1.29, 1.82) is 0 Å². The molecule has 1 saturated carbocycles. The van der Waals surface area contributed by atoms with Gasteiger partial charge < -0.3 is 9.84 Å². The summed E-state index contributed by atoms with van der Waals surface area (Å²) in [6, 6.07) is 3.06. The number of aliphatic hydroxyl groups is 1. The van der Waals surface area contributed by atoms with E-state index < -0.39 is 26.9 Å². The molecule has 2 N–H and O–H groups in total. The van der Waals surface area contributed by atoms with Gasteiger partial charge in [-0.25, -0.2) is 17.5 Å². The van der Waals surface area contributed by atoms with Gasteiger partial charge in [0.1, 0.15) is 5.82 Å². The van der Waals surface area contributed by atoms with E-state index >= 15 is 0 Å². The molecule has 0 heterocycles. The summed E-state index contributed by atoms with van der Waals surface area (Å²) in [6.45, 7) is 5.86. The highest BCUT2D eigenvalue weighted by Gasteiger charge is 2.60. The minimum atomic E-state index is -3.97. The Kier molecular flexibility index (Phi) is 5.09. The molecule has 1 aromatic carbocycles. The predicted octanol–water partition coefficient (Wildman–Crippen LogP) is 2.32. The van der Waals surface area contributed by atoms with Crippen molar-refractivity contribution in [3.05, 3.63) is 29.0 Å². The number of hydrogen-bond donors (Lipinski definition) is 2. The average molecular weight is 366 g/mol. The highest BCUT2D eigenvalue weighted by atomic mass is 35.5. The van der Waals surface area contributed by atoms with Crippen LogP contribution in [0.3, 0.4) is 0 Å². The van der Waals surface area contributed by atoms with Gasteiger partial charge in [-0.05, 0) is 25.1 Å². The summed E-state index contributed by atoms with van der Waals surface area (Å²) < 4.78 is 45.7. The summed E-state index contributed by atoms with van der Waals surface area (Å²) in [5.41, 5.74) is -1.82. The largest absolute Gasteiger partial charge is 0.388 e. The zero-order valence-electron chi connectivity index (χ0n) is 13.3. The van der Waals surface area contributed by atoms with Crippen molar-refractivity contribution >= 4 is 21.6 Å². The number of hydrogen-bond acceptors (Lipinski definition) is 4. The van der Waals surface area contributed by atoms with Gasteiger partial charge in [0.15, 0.2) is 0 Å². The summed E-state index contributed by atoms with van der Waals surface area (Å²) in [5.74, 6) is -0.739. The SMILES string of the molecule is CCOC1CC(O)(CNS(=O)(=O)c2cc(F)cc(Cl)c2)C1(C)C. The molecule has 2 atom stereocenters. The summed E-state index contributed by atoms with van der Waals surface area (Å²) in [5, 5.41) is 10.6. The second-order valence-electron chi connectivity index (χ2n) is 6.33. The lowest BCUT2D eigenvalue weighted by molar-refractivity contribution is -0.236. The van der Waals surface area contributed by atoms with Crippen LogP contribution in [-0.4, -0.2) is 38.4 Å². The van der Waals surface area contributed by atoms with Gasteiger partial charge >= 0.3 is 0 Å². The van der Waals surface area contributed by atoms with Gasteiger partial charge in [0, 0.05) is 30.0 Å². The molecule has 0 saturated heterocycles. The number of benzene rings is 1. The van der Waals surface area contributed by atoms with Crippen molar-refractivity contribution in [3.8, 4) is 0 Å². The van der Waals surface area contributed by atoms with Gasteiger partial charge in [0.05, 0.1) is 16.6 Å². The van der Waals surface area contributed by atoms with Crippen molar-refractivity contribution in [2.75, 3.05) is 13.2 Å². The van der Waals surface area contributed by atoms with Crippen LogP contribution >= 0.6 is 11.6 Å². The molecule has 0 aliphatic heterocycles. The molecule has 0 bridgehead atoms. The molecule has 1 aliphatic rings. The summed E-state index contributed by atoms with van der Waals surface area (Å²) >= 11 is 5.69.